The Kier molecular flexibility index (Phi) is 7.44. The first-order valence-corrected chi connectivity index (χ1v) is 9.19. The number of aryl methyl sites for hydroxylation is 1. The Morgan fingerprint density at radius 1 is 1.14 bits per heavy atom. The molecule has 0 aliphatic carbocycles. The summed E-state index contributed by atoms with van der Waals surface area (Å²) in [5, 5.41) is 1.77. The highest BCUT2D eigenvalue weighted by Crippen LogP contribution is 2.36. The van der Waals surface area contributed by atoms with Gasteiger partial charge in [-0.3, -0.25) is 0 Å². The molecule has 1 N–H and O–H groups in total. The zero-order valence-corrected chi connectivity index (χ0v) is 16.2. The molecule has 0 atom stereocenters. The second-order valence-electron chi connectivity index (χ2n) is 5.61. The number of hydrogen-bond donors (Lipinski definition) is 1. The van der Waals surface area contributed by atoms with E-state index in [0.29, 0.717) is 23.7 Å². The molecule has 13 heteroatoms. The van der Waals surface area contributed by atoms with E-state index in [4.69, 9.17) is 16.3 Å². The first-order chi connectivity index (χ1) is 13.4. The van der Waals surface area contributed by atoms with Gasteiger partial charge in [-0.1, -0.05) is 11.6 Å². The van der Waals surface area contributed by atoms with Crippen molar-refractivity contribution in [2.75, 3.05) is 24.2 Å². The summed E-state index contributed by atoms with van der Waals surface area (Å²) in [6, 6.07) is 2.18. The van der Waals surface area contributed by atoms with Gasteiger partial charge in [0, 0.05) is 4.90 Å². The summed E-state index contributed by atoms with van der Waals surface area (Å²) in [5.74, 6) is -2.50. The molecule has 0 radical (unpaired) electrons. The highest BCUT2D eigenvalue weighted by Gasteiger charge is 2.36. The first kappa shape index (κ1) is 23.3. The average Bonchev–Trinajstić information content (AvgIpc) is 2.58. The highest BCUT2D eigenvalue weighted by molar-refractivity contribution is 7.99. The third kappa shape index (κ3) is 6.81. The number of alkyl halides is 6. The molecule has 0 aliphatic heterocycles. The minimum absolute atomic E-state index is 0.105. The fourth-order valence-electron chi connectivity index (χ4n) is 2.08. The van der Waals surface area contributed by atoms with Gasteiger partial charge < -0.3 is 10.1 Å². The first-order valence-electron chi connectivity index (χ1n) is 7.82. The van der Waals surface area contributed by atoms with Gasteiger partial charge in [0.15, 0.2) is 17.3 Å². The standard InChI is InChI=1S/C16H13ClF7N3OS/c1-8-4-9(18)10(5-11(8)29-6-15(19,20)21)28-3-2-25-14-12(17)13(16(22,23)24)26-7-27-14/h4-5,7H,2-3,6H2,1H3,(H,25,26,27). The Balaban J connectivity index is 1.99. The number of benzene rings is 1. The number of ether oxygens (including phenoxy) is 1. The third-order valence-electron chi connectivity index (χ3n) is 3.33. The van der Waals surface area contributed by atoms with E-state index in [1.165, 1.54) is 6.92 Å². The predicted octanol–water partition coefficient (Wildman–Crippen LogP) is 5.74. The molecule has 1 aromatic carbocycles. The maximum atomic E-state index is 14.0. The molecule has 0 bridgehead atoms. The summed E-state index contributed by atoms with van der Waals surface area (Å²) in [6.45, 7) is 1.14. The summed E-state index contributed by atoms with van der Waals surface area (Å²) >= 11 is 6.11. The fourth-order valence-corrected chi connectivity index (χ4v) is 3.15. The Labute approximate surface area is 169 Å². The average molecular weight is 464 g/mol. The van der Waals surface area contributed by atoms with Gasteiger partial charge in [0.25, 0.3) is 0 Å². The van der Waals surface area contributed by atoms with Crippen LogP contribution in [0.4, 0.5) is 36.6 Å². The summed E-state index contributed by atoms with van der Waals surface area (Å²) in [5.41, 5.74) is -0.997. The number of hydrogen-bond acceptors (Lipinski definition) is 5. The van der Waals surface area contributed by atoms with Gasteiger partial charge in [-0.05, 0) is 24.6 Å². The van der Waals surface area contributed by atoms with Gasteiger partial charge in [0.05, 0.1) is 12.3 Å². The summed E-state index contributed by atoms with van der Waals surface area (Å²) in [4.78, 5) is 6.87. The van der Waals surface area contributed by atoms with Crippen molar-refractivity contribution in [3.8, 4) is 5.75 Å². The molecular weight excluding hydrogens is 451 g/mol. The van der Waals surface area contributed by atoms with E-state index in [1.807, 2.05) is 0 Å². The molecular formula is C16H13ClF7N3OS. The lowest BCUT2D eigenvalue weighted by Gasteiger charge is -2.14. The van der Waals surface area contributed by atoms with E-state index in [0.717, 1.165) is 12.1 Å². The van der Waals surface area contributed by atoms with Gasteiger partial charge in [-0.2, -0.15) is 26.3 Å². The number of halogens is 8. The SMILES string of the molecule is Cc1cc(F)c(OCCNc2ncnc(C(F)(F)F)c2Cl)cc1SCC(F)(F)F. The molecule has 0 saturated carbocycles. The van der Waals surface area contributed by atoms with Crippen molar-refractivity contribution < 1.29 is 35.5 Å². The molecule has 0 saturated heterocycles. The maximum absolute atomic E-state index is 14.0. The normalized spacial score (nSPS) is 12.2. The van der Waals surface area contributed by atoms with E-state index in [9.17, 15) is 30.7 Å². The molecule has 0 amide bonds. The number of thioether (sulfide) groups is 1. The van der Waals surface area contributed by atoms with Crippen LogP contribution in [0.15, 0.2) is 23.4 Å². The highest BCUT2D eigenvalue weighted by atomic mass is 35.5. The second kappa shape index (κ2) is 9.24. The number of rotatable bonds is 7. The molecule has 0 fully saturated rings. The van der Waals surface area contributed by atoms with Gasteiger partial charge in [0.1, 0.15) is 23.8 Å². The van der Waals surface area contributed by atoms with Crippen LogP contribution in [0.2, 0.25) is 5.02 Å². The molecule has 29 heavy (non-hydrogen) atoms. The van der Waals surface area contributed by atoms with Crippen molar-refractivity contribution in [3.63, 3.8) is 0 Å². The molecule has 4 nitrogen and oxygen atoms in total. The third-order valence-corrected chi connectivity index (χ3v) is 4.91. The molecule has 1 heterocycles. The van der Waals surface area contributed by atoms with Crippen LogP contribution in [0.25, 0.3) is 0 Å². The van der Waals surface area contributed by atoms with E-state index < -0.39 is 34.6 Å². The number of anilines is 1. The fraction of sp³-hybridized carbons (Fsp3) is 0.375. The van der Waals surface area contributed by atoms with E-state index in [1.54, 1.807) is 0 Å². The summed E-state index contributed by atoms with van der Waals surface area (Å²) in [7, 11) is 0. The summed E-state index contributed by atoms with van der Waals surface area (Å²) < 4.78 is 94.5. The smallest absolute Gasteiger partial charge is 0.435 e. The lowest BCUT2D eigenvalue weighted by atomic mass is 10.2. The van der Waals surface area contributed by atoms with Crippen LogP contribution in [0.3, 0.4) is 0 Å². The minimum atomic E-state index is -4.76. The lowest BCUT2D eigenvalue weighted by Crippen LogP contribution is -2.16. The largest absolute Gasteiger partial charge is 0.489 e. The Hall–Kier alpha value is -1.95. The van der Waals surface area contributed by atoms with Crippen LogP contribution < -0.4 is 10.1 Å². The molecule has 2 rings (SSSR count). The van der Waals surface area contributed by atoms with Crippen molar-refractivity contribution in [1.82, 2.24) is 9.97 Å². The minimum Gasteiger partial charge on any atom is -0.489 e. The predicted molar refractivity (Wildman–Crippen MR) is 93.9 cm³/mol. The maximum Gasteiger partial charge on any atom is 0.435 e. The van der Waals surface area contributed by atoms with Crippen LogP contribution in [0, 0.1) is 12.7 Å². The van der Waals surface area contributed by atoms with Crippen LogP contribution in [-0.4, -0.2) is 35.0 Å². The van der Waals surface area contributed by atoms with E-state index >= 15 is 0 Å². The monoisotopic (exact) mass is 463 g/mol. The molecule has 2 aromatic rings. The van der Waals surface area contributed by atoms with Crippen molar-refractivity contribution in [3.05, 3.63) is 40.6 Å². The molecule has 1 aromatic heterocycles. The van der Waals surface area contributed by atoms with Crippen LogP contribution >= 0.6 is 23.4 Å². The van der Waals surface area contributed by atoms with Gasteiger partial charge in [-0.15, -0.1) is 11.8 Å². The quantitative estimate of drug-likeness (QED) is 0.322. The molecule has 0 aliphatic rings. The zero-order chi connectivity index (χ0) is 21.8. The Morgan fingerprint density at radius 3 is 2.45 bits per heavy atom. The second-order valence-corrected chi connectivity index (χ2v) is 7.00. The van der Waals surface area contributed by atoms with Crippen LogP contribution in [-0.2, 0) is 6.18 Å². The molecule has 160 valence electrons. The molecule has 0 unspecified atom stereocenters. The van der Waals surface area contributed by atoms with E-state index in [2.05, 4.69) is 15.3 Å². The number of nitrogens with one attached hydrogen (secondary N) is 1. The lowest BCUT2D eigenvalue weighted by molar-refractivity contribution is -0.141. The van der Waals surface area contributed by atoms with Crippen molar-refractivity contribution in [2.24, 2.45) is 0 Å². The Morgan fingerprint density at radius 2 is 1.83 bits per heavy atom. The van der Waals surface area contributed by atoms with Crippen molar-refractivity contribution in [2.45, 2.75) is 24.2 Å². The number of nitrogens with zero attached hydrogens (tertiary/aromatic N) is 2. The van der Waals surface area contributed by atoms with Crippen LogP contribution in [0.5, 0.6) is 5.75 Å². The van der Waals surface area contributed by atoms with Gasteiger partial charge >= 0.3 is 12.4 Å². The zero-order valence-electron chi connectivity index (χ0n) is 14.6. The van der Waals surface area contributed by atoms with Crippen LogP contribution in [0.1, 0.15) is 11.3 Å². The Bertz CT molecular complexity index is 862. The van der Waals surface area contributed by atoms with Crippen molar-refractivity contribution >= 4 is 29.2 Å². The number of aromatic nitrogens is 2. The van der Waals surface area contributed by atoms with Gasteiger partial charge in [0.2, 0.25) is 0 Å². The molecule has 0 spiro atoms. The topological polar surface area (TPSA) is 47.0 Å². The van der Waals surface area contributed by atoms with E-state index in [-0.39, 0.29) is 29.6 Å². The van der Waals surface area contributed by atoms with Gasteiger partial charge in [-0.25, -0.2) is 14.4 Å². The van der Waals surface area contributed by atoms with Crippen molar-refractivity contribution in [1.29, 1.82) is 0 Å². The summed E-state index contributed by atoms with van der Waals surface area (Å²) in [6.07, 6.45) is -8.47.